The molecule has 0 spiro atoms. The highest BCUT2D eigenvalue weighted by atomic mass is 16.2. The van der Waals surface area contributed by atoms with Crippen molar-refractivity contribution >= 4 is 23.2 Å². The Kier molecular flexibility index (Phi) is 8.79. The number of carbonyl (C=O) groups excluding carboxylic acids is 2. The van der Waals surface area contributed by atoms with Crippen molar-refractivity contribution in [1.29, 1.82) is 0 Å². The summed E-state index contributed by atoms with van der Waals surface area (Å²) in [6.45, 7) is 0. The number of nitrogens with zero attached hydrogens (tertiary/aromatic N) is 1. The summed E-state index contributed by atoms with van der Waals surface area (Å²) in [5, 5.41) is 0. The predicted octanol–water partition coefficient (Wildman–Crippen LogP) is 7.49. The minimum Gasteiger partial charge on any atom is -0.370 e. The van der Waals surface area contributed by atoms with E-state index >= 15 is 0 Å². The largest absolute Gasteiger partial charge is 0.370 e. The normalized spacial score (nSPS) is 17.4. The minimum atomic E-state index is -0.305. The van der Waals surface area contributed by atoms with Crippen LogP contribution in [0.5, 0.6) is 0 Å². The second-order valence-electron chi connectivity index (χ2n) is 10.3. The molecule has 182 valence electrons. The Morgan fingerprint density at radius 3 is 1.47 bits per heavy atom. The van der Waals surface area contributed by atoms with Crippen LogP contribution in [0.25, 0.3) is 0 Å². The fourth-order valence-corrected chi connectivity index (χ4v) is 5.79. The molecule has 4 rings (SSSR count). The average molecular weight is 461 g/mol. The van der Waals surface area contributed by atoms with Gasteiger partial charge in [0.2, 0.25) is 11.8 Å². The fourth-order valence-electron chi connectivity index (χ4n) is 5.79. The van der Waals surface area contributed by atoms with Crippen LogP contribution in [0.2, 0.25) is 0 Å². The number of nitrogens with two attached hydrogens (primary N) is 1. The maximum absolute atomic E-state index is 13.4. The highest BCUT2D eigenvalue weighted by molar-refractivity contribution is 6.00. The van der Waals surface area contributed by atoms with Gasteiger partial charge in [-0.3, -0.25) is 14.5 Å². The lowest BCUT2D eigenvalue weighted by molar-refractivity contribution is -0.119. The molecule has 2 aliphatic carbocycles. The Balaban J connectivity index is 1.52. The van der Waals surface area contributed by atoms with Gasteiger partial charge in [0, 0.05) is 24.2 Å². The average Bonchev–Trinajstić information content (AvgIpc) is 2.88. The van der Waals surface area contributed by atoms with E-state index in [1.807, 2.05) is 4.90 Å². The van der Waals surface area contributed by atoms with E-state index in [2.05, 4.69) is 48.5 Å². The highest BCUT2D eigenvalue weighted by Gasteiger charge is 2.21. The summed E-state index contributed by atoms with van der Waals surface area (Å²) in [4.78, 5) is 26.3. The van der Waals surface area contributed by atoms with Gasteiger partial charge in [-0.1, -0.05) is 62.8 Å². The molecule has 34 heavy (non-hydrogen) atoms. The van der Waals surface area contributed by atoms with Crippen LogP contribution in [0, 0.1) is 0 Å². The summed E-state index contributed by atoms with van der Waals surface area (Å²) in [5.74, 6) is 1.06. The molecule has 0 heterocycles. The number of amides is 2. The molecule has 2 N–H and O–H groups in total. The van der Waals surface area contributed by atoms with Gasteiger partial charge in [-0.05, 0) is 85.8 Å². The molecule has 2 aromatic carbocycles. The lowest BCUT2D eigenvalue weighted by atomic mass is 9.84. The number of rotatable bonds is 9. The van der Waals surface area contributed by atoms with Crippen LogP contribution in [0.3, 0.4) is 0 Å². The zero-order valence-corrected chi connectivity index (χ0v) is 20.5. The number of benzene rings is 2. The van der Waals surface area contributed by atoms with E-state index < -0.39 is 0 Å². The Bertz CT molecular complexity index is 862. The van der Waals surface area contributed by atoms with Gasteiger partial charge in [0.25, 0.3) is 0 Å². The summed E-state index contributed by atoms with van der Waals surface area (Å²) in [5.41, 5.74) is 9.90. The summed E-state index contributed by atoms with van der Waals surface area (Å²) in [6, 6.07) is 17.3. The maximum Gasteiger partial charge on any atom is 0.231 e. The van der Waals surface area contributed by atoms with E-state index in [-0.39, 0.29) is 11.8 Å². The third-order valence-electron chi connectivity index (χ3n) is 7.77. The Hall–Kier alpha value is -2.62. The molecule has 2 fully saturated rings. The van der Waals surface area contributed by atoms with E-state index in [9.17, 15) is 9.59 Å². The molecule has 2 saturated carbocycles. The summed E-state index contributed by atoms with van der Waals surface area (Å²) < 4.78 is 0. The van der Waals surface area contributed by atoms with E-state index in [4.69, 9.17) is 5.73 Å². The molecule has 0 aliphatic heterocycles. The third-order valence-corrected chi connectivity index (χ3v) is 7.77. The molecular formula is C30H40N2O2. The van der Waals surface area contributed by atoms with Gasteiger partial charge in [-0.2, -0.15) is 0 Å². The number of hydrogen-bond acceptors (Lipinski definition) is 2. The van der Waals surface area contributed by atoms with Crippen molar-refractivity contribution < 1.29 is 9.59 Å². The predicted molar refractivity (Wildman–Crippen MR) is 139 cm³/mol. The number of hydrogen-bond donors (Lipinski definition) is 1. The zero-order valence-electron chi connectivity index (χ0n) is 20.5. The van der Waals surface area contributed by atoms with Gasteiger partial charge >= 0.3 is 0 Å². The summed E-state index contributed by atoms with van der Waals surface area (Å²) in [7, 11) is 0. The lowest BCUT2D eigenvalue weighted by Crippen LogP contribution is -2.26. The zero-order chi connectivity index (χ0) is 23.8. The molecule has 0 radical (unpaired) electrons. The second kappa shape index (κ2) is 12.2. The van der Waals surface area contributed by atoms with Crippen molar-refractivity contribution in [2.75, 3.05) is 4.90 Å². The number of unbranched alkanes of at least 4 members (excludes halogenated alkanes) is 1. The van der Waals surface area contributed by atoms with E-state index in [1.165, 1.54) is 75.3 Å². The van der Waals surface area contributed by atoms with Gasteiger partial charge in [0.05, 0.1) is 0 Å². The fraction of sp³-hybridized carbons (Fsp3) is 0.533. The van der Waals surface area contributed by atoms with E-state index in [0.717, 1.165) is 11.4 Å². The molecule has 4 heteroatoms. The van der Waals surface area contributed by atoms with Gasteiger partial charge in [0.15, 0.2) is 0 Å². The van der Waals surface area contributed by atoms with Crippen molar-refractivity contribution in [3.63, 3.8) is 0 Å². The monoisotopic (exact) mass is 460 g/mol. The van der Waals surface area contributed by atoms with Crippen molar-refractivity contribution in [1.82, 2.24) is 0 Å². The molecule has 4 nitrogen and oxygen atoms in total. The van der Waals surface area contributed by atoms with Crippen LogP contribution in [-0.4, -0.2) is 11.8 Å². The van der Waals surface area contributed by atoms with E-state index in [1.54, 1.807) is 0 Å². The highest BCUT2D eigenvalue weighted by Crippen LogP contribution is 2.36. The Labute approximate surface area is 204 Å². The van der Waals surface area contributed by atoms with E-state index in [0.29, 0.717) is 37.5 Å². The molecule has 2 aromatic rings. The molecular weight excluding hydrogens is 420 g/mol. The van der Waals surface area contributed by atoms with Crippen LogP contribution >= 0.6 is 0 Å². The van der Waals surface area contributed by atoms with Crippen molar-refractivity contribution in [2.45, 2.75) is 102 Å². The smallest absolute Gasteiger partial charge is 0.231 e. The second-order valence-corrected chi connectivity index (χ2v) is 10.3. The van der Waals surface area contributed by atoms with Crippen molar-refractivity contribution in [2.24, 2.45) is 5.73 Å². The number of primary amides is 1. The molecule has 0 bridgehead atoms. The van der Waals surface area contributed by atoms with Crippen LogP contribution in [-0.2, 0) is 9.59 Å². The first-order chi connectivity index (χ1) is 16.6. The molecule has 0 unspecified atom stereocenters. The van der Waals surface area contributed by atoms with Gasteiger partial charge in [0.1, 0.15) is 0 Å². The third kappa shape index (κ3) is 6.49. The first kappa shape index (κ1) is 24.5. The van der Waals surface area contributed by atoms with Crippen molar-refractivity contribution in [3.8, 4) is 0 Å². The van der Waals surface area contributed by atoms with Crippen molar-refractivity contribution in [3.05, 3.63) is 59.7 Å². The Morgan fingerprint density at radius 2 is 1.06 bits per heavy atom. The van der Waals surface area contributed by atoms with Gasteiger partial charge in [-0.25, -0.2) is 0 Å². The first-order valence-corrected chi connectivity index (χ1v) is 13.4. The summed E-state index contributed by atoms with van der Waals surface area (Å²) in [6.07, 6.45) is 15.1. The maximum atomic E-state index is 13.4. The standard InChI is InChI=1S/C30H40N2O2/c31-29(33)13-7-8-14-30(34)32(27-19-15-25(16-20-27)23-9-3-1-4-10-23)28-21-17-26(18-22-28)24-11-5-2-6-12-24/h15-24H,1-14H2,(H2,31,33). The number of anilines is 2. The minimum absolute atomic E-state index is 0.0697. The van der Waals surface area contributed by atoms with Crippen LogP contribution in [0.4, 0.5) is 11.4 Å². The molecule has 2 amide bonds. The topological polar surface area (TPSA) is 63.4 Å². The van der Waals surface area contributed by atoms with Crippen LogP contribution in [0.15, 0.2) is 48.5 Å². The summed E-state index contributed by atoms with van der Waals surface area (Å²) >= 11 is 0. The first-order valence-electron chi connectivity index (χ1n) is 13.4. The molecule has 0 aromatic heterocycles. The quantitative estimate of drug-likeness (QED) is 0.394. The number of carbonyl (C=O) groups is 2. The van der Waals surface area contributed by atoms with Crippen LogP contribution in [0.1, 0.15) is 113 Å². The van der Waals surface area contributed by atoms with Crippen LogP contribution < -0.4 is 10.6 Å². The lowest BCUT2D eigenvalue weighted by Gasteiger charge is -2.26. The SMILES string of the molecule is NC(=O)CCCCC(=O)N(c1ccc(C2CCCCC2)cc1)c1ccc(C2CCCCC2)cc1. The van der Waals surface area contributed by atoms with Gasteiger partial charge < -0.3 is 5.73 Å². The molecule has 0 atom stereocenters. The molecule has 2 aliphatic rings. The van der Waals surface area contributed by atoms with Gasteiger partial charge in [-0.15, -0.1) is 0 Å². The molecule has 0 saturated heterocycles. The Morgan fingerprint density at radius 1 is 0.647 bits per heavy atom.